The number of hydrogen-bond donors (Lipinski definition) is 2. The van der Waals surface area contributed by atoms with Crippen LogP contribution < -0.4 is 10.6 Å². The van der Waals surface area contributed by atoms with Crippen LogP contribution in [0.5, 0.6) is 0 Å². The number of nitrogens with one attached hydrogen (secondary N) is 2. The monoisotopic (exact) mass is 242 g/mol. The van der Waals surface area contributed by atoms with Crippen LogP contribution >= 0.6 is 11.8 Å². The first-order valence-electron chi connectivity index (χ1n) is 6.48. The minimum Gasteiger partial charge on any atom is -0.351 e. The molecule has 2 saturated heterocycles. The average Bonchev–Trinajstić information content (AvgIpc) is 2.59. The fraction of sp³-hybridized carbons (Fsp3) is 0.917. The largest absolute Gasteiger partial charge is 0.351 e. The van der Waals surface area contributed by atoms with E-state index in [9.17, 15) is 4.79 Å². The van der Waals surface area contributed by atoms with Gasteiger partial charge in [-0.3, -0.25) is 4.79 Å². The molecule has 0 bridgehead atoms. The quantitative estimate of drug-likeness (QED) is 0.771. The number of hydrogen-bond acceptors (Lipinski definition) is 3. The van der Waals surface area contributed by atoms with Crippen LogP contribution in [-0.4, -0.2) is 36.0 Å². The highest BCUT2D eigenvalue weighted by molar-refractivity contribution is 7.99. The van der Waals surface area contributed by atoms with Gasteiger partial charge in [0, 0.05) is 11.8 Å². The third-order valence-corrected chi connectivity index (χ3v) is 4.60. The van der Waals surface area contributed by atoms with Crippen LogP contribution in [0.4, 0.5) is 0 Å². The van der Waals surface area contributed by atoms with Crippen LogP contribution in [0.1, 0.15) is 38.5 Å². The Labute approximate surface area is 102 Å². The fourth-order valence-electron chi connectivity index (χ4n) is 2.41. The van der Waals surface area contributed by atoms with E-state index < -0.39 is 0 Å². The smallest absolute Gasteiger partial charge is 0.237 e. The van der Waals surface area contributed by atoms with Crippen LogP contribution in [0.25, 0.3) is 0 Å². The topological polar surface area (TPSA) is 41.1 Å². The van der Waals surface area contributed by atoms with Crippen LogP contribution in [0.2, 0.25) is 0 Å². The normalized spacial score (nSPS) is 31.8. The van der Waals surface area contributed by atoms with Crippen molar-refractivity contribution in [3.63, 3.8) is 0 Å². The maximum Gasteiger partial charge on any atom is 0.237 e. The molecule has 2 N–H and O–H groups in total. The summed E-state index contributed by atoms with van der Waals surface area (Å²) in [7, 11) is 0. The molecule has 4 heteroatoms. The summed E-state index contributed by atoms with van der Waals surface area (Å²) in [6, 6.07) is 0.478. The van der Waals surface area contributed by atoms with Crippen LogP contribution in [0, 0.1) is 0 Å². The Morgan fingerprint density at radius 3 is 2.94 bits per heavy atom. The summed E-state index contributed by atoms with van der Waals surface area (Å²) in [4.78, 5) is 12.0. The van der Waals surface area contributed by atoms with E-state index in [1.54, 1.807) is 0 Å². The molecule has 2 atom stereocenters. The van der Waals surface area contributed by atoms with Crippen molar-refractivity contribution in [2.45, 2.75) is 50.6 Å². The zero-order valence-electron chi connectivity index (χ0n) is 9.84. The SMILES string of the molecule is O=C(NC1CCCSC1)C1CCCCCN1. The summed E-state index contributed by atoms with van der Waals surface area (Å²) in [5, 5.41) is 6.55. The Kier molecular flexibility index (Phi) is 4.97. The van der Waals surface area contributed by atoms with Gasteiger partial charge in [0.05, 0.1) is 6.04 Å². The van der Waals surface area contributed by atoms with Gasteiger partial charge in [0.1, 0.15) is 0 Å². The summed E-state index contributed by atoms with van der Waals surface area (Å²) < 4.78 is 0. The second-order valence-corrected chi connectivity index (χ2v) is 5.93. The molecule has 0 aromatic heterocycles. The highest BCUT2D eigenvalue weighted by Gasteiger charge is 2.23. The first-order chi connectivity index (χ1) is 7.86. The molecule has 0 aromatic rings. The number of carbonyl (C=O) groups is 1. The van der Waals surface area contributed by atoms with E-state index in [0.29, 0.717) is 6.04 Å². The lowest BCUT2D eigenvalue weighted by molar-refractivity contribution is -0.123. The highest BCUT2D eigenvalue weighted by atomic mass is 32.2. The second kappa shape index (κ2) is 6.50. The van der Waals surface area contributed by atoms with Gasteiger partial charge in [-0.05, 0) is 38.0 Å². The molecule has 2 rings (SSSR count). The molecule has 2 aliphatic rings. The lowest BCUT2D eigenvalue weighted by Gasteiger charge is -2.25. The molecule has 2 aliphatic heterocycles. The van der Waals surface area contributed by atoms with Crippen LogP contribution in [0.3, 0.4) is 0 Å². The Morgan fingerprint density at radius 2 is 2.12 bits per heavy atom. The summed E-state index contributed by atoms with van der Waals surface area (Å²) in [5.41, 5.74) is 0. The van der Waals surface area contributed by atoms with Gasteiger partial charge in [0.25, 0.3) is 0 Å². The molecule has 2 fully saturated rings. The van der Waals surface area contributed by atoms with E-state index in [1.165, 1.54) is 31.4 Å². The highest BCUT2D eigenvalue weighted by Crippen LogP contribution is 2.17. The predicted molar refractivity (Wildman–Crippen MR) is 68.7 cm³/mol. The molecule has 3 nitrogen and oxygen atoms in total. The second-order valence-electron chi connectivity index (χ2n) is 4.78. The van der Waals surface area contributed by atoms with Crippen molar-refractivity contribution in [2.24, 2.45) is 0 Å². The molecule has 0 saturated carbocycles. The van der Waals surface area contributed by atoms with Gasteiger partial charge in [-0.1, -0.05) is 12.8 Å². The van der Waals surface area contributed by atoms with Gasteiger partial charge >= 0.3 is 0 Å². The average molecular weight is 242 g/mol. The molecular formula is C12H22N2OS. The van der Waals surface area contributed by atoms with Crippen LogP contribution in [-0.2, 0) is 4.79 Å². The summed E-state index contributed by atoms with van der Waals surface area (Å²) in [6.07, 6.45) is 7.06. The van der Waals surface area contributed by atoms with E-state index >= 15 is 0 Å². The summed E-state index contributed by atoms with van der Waals surface area (Å²) in [6.45, 7) is 0.998. The first kappa shape index (κ1) is 12.2. The van der Waals surface area contributed by atoms with Gasteiger partial charge in [-0.15, -0.1) is 0 Å². The van der Waals surface area contributed by atoms with E-state index in [0.717, 1.165) is 25.1 Å². The molecular weight excluding hydrogens is 220 g/mol. The molecule has 0 radical (unpaired) electrons. The Hall–Kier alpha value is -0.220. The molecule has 2 unspecified atom stereocenters. The number of rotatable bonds is 2. The molecule has 0 aromatic carbocycles. The number of carbonyl (C=O) groups excluding carboxylic acids is 1. The Balaban J connectivity index is 1.76. The third kappa shape index (κ3) is 3.67. The number of thioether (sulfide) groups is 1. The number of amides is 1. The molecule has 1 amide bonds. The molecule has 0 aliphatic carbocycles. The van der Waals surface area contributed by atoms with Crippen molar-refractivity contribution in [1.82, 2.24) is 10.6 Å². The Morgan fingerprint density at radius 1 is 1.19 bits per heavy atom. The maximum absolute atomic E-state index is 12.0. The van der Waals surface area contributed by atoms with E-state index in [2.05, 4.69) is 10.6 Å². The third-order valence-electron chi connectivity index (χ3n) is 3.38. The Bertz CT molecular complexity index is 221. The molecule has 92 valence electrons. The first-order valence-corrected chi connectivity index (χ1v) is 7.63. The van der Waals surface area contributed by atoms with Gasteiger partial charge in [-0.25, -0.2) is 0 Å². The minimum absolute atomic E-state index is 0.0643. The predicted octanol–water partition coefficient (Wildman–Crippen LogP) is 1.53. The van der Waals surface area contributed by atoms with Crippen molar-refractivity contribution in [3.05, 3.63) is 0 Å². The fourth-order valence-corrected chi connectivity index (χ4v) is 3.48. The van der Waals surface area contributed by atoms with E-state index in [1.807, 2.05) is 11.8 Å². The van der Waals surface area contributed by atoms with Gasteiger partial charge in [-0.2, -0.15) is 11.8 Å². The lowest BCUT2D eigenvalue weighted by atomic mass is 10.1. The molecule has 16 heavy (non-hydrogen) atoms. The van der Waals surface area contributed by atoms with E-state index in [4.69, 9.17) is 0 Å². The molecule has 0 spiro atoms. The van der Waals surface area contributed by atoms with Crippen molar-refractivity contribution >= 4 is 17.7 Å². The lowest BCUT2D eigenvalue weighted by Crippen LogP contribution is -2.48. The summed E-state index contributed by atoms with van der Waals surface area (Å²) >= 11 is 1.96. The standard InChI is InChI=1S/C12H22N2OS/c15-12(11-6-2-1-3-7-13-11)14-10-5-4-8-16-9-10/h10-11,13H,1-9H2,(H,14,15). The van der Waals surface area contributed by atoms with Crippen molar-refractivity contribution < 1.29 is 4.79 Å². The summed E-state index contributed by atoms with van der Waals surface area (Å²) in [5.74, 6) is 2.58. The minimum atomic E-state index is 0.0643. The zero-order valence-corrected chi connectivity index (χ0v) is 10.7. The van der Waals surface area contributed by atoms with Gasteiger partial charge in [0.15, 0.2) is 0 Å². The maximum atomic E-state index is 12.0. The van der Waals surface area contributed by atoms with Crippen molar-refractivity contribution in [3.8, 4) is 0 Å². The van der Waals surface area contributed by atoms with Gasteiger partial charge in [0.2, 0.25) is 5.91 Å². The molecule has 2 heterocycles. The van der Waals surface area contributed by atoms with Crippen LogP contribution in [0.15, 0.2) is 0 Å². The van der Waals surface area contributed by atoms with E-state index in [-0.39, 0.29) is 11.9 Å². The van der Waals surface area contributed by atoms with Crippen molar-refractivity contribution in [2.75, 3.05) is 18.1 Å². The zero-order chi connectivity index (χ0) is 11.2. The van der Waals surface area contributed by atoms with Gasteiger partial charge < -0.3 is 10.6 Å². The van der Waals surface area contributed by atoms with Crippen molar-refractivity contribution in [1.29, 1.82) is 0 Å².